The molecule has 0 aromatic carbocycles. The Bertz CT molecular complexity index is 948. The third kappa shape index (κ3) is 3.19. The van der Waals surface area contributed by atoms with Gasteiger partial charge in [0.05, 0.1) is 17.7 Å². The molecule has 3 heterocycles. The number of halogens is 1. The topological polar surface area (TPSA) is 151 Å². The van der Waals surface area contributed by atoms with E-state index >= 15 is 0 Å². The number of hydrogen-bond donors (Lipinski definition) is 5. The average molecular weight is 392 g/mol. The van der Waals surface area contributed by atoms with Crippen molar-refractivity contribution < 1.29 is 19.7 Å². The van der Waals surface area contributed by atoms with Gasteiger partial charge in [-0.1, -0.05) is 11.6 Å². The summed E-state index contributed by atoms with van der Waals surface area (Å²) in [5, 5.41) is 33.6. The molecule has 1 aliphatic rings. The summed E-state index contributed by atoms with van der Waals surface area (Å²) >= 11 is 6.30. The van der Waals surface area contributed by atoms with Gasteiger partial charge in [-0.3, -0.25) is 4.98 Å². The zero-order valence-corrected chi connectivity index (χ0v) is 14.8. The number of rotatable bonds is 4. The SMILES string of the molecule is Nc1nc(Cl)c(-c2cc3cnccc3o2)c(N[C@@H]2C[C@H](CO)[C@@H](O)[C@H]2O)n1. The van der Waals surface area contributed by atoms with Gasteiger partial charge in [-0.15, -0.1) is 0 Å². The van der Waals surface area contributed by atoms with Crippen LogP contribution in [0.5, 0.6) is 0 Å². The molecule has 3 aromatic rings. The second-order valence-corrected chi connectivity index (χ2v) is 6.89. The fourth-order valence-electron chi connectivity index (χ4n) is 3.40. The molecule has 0 radical (unpaired) electrons. The van der Waals surface area contributed by atoms with E-state index < -0.39 is 24.2 Å². The summed E-state index contributed by atoms with van der Waals surface area (Å²) < 4.78 is 5.83. The van der Waals surface area contributed by atoms with Gasteiger partial charge in [0.15, 0.2) is 0 Å². The van der Waals surface area contributed by atoms with Crippen molar-refractivity contribution in [1.29, 1.82) is 0 Å². The van der Waals surface area contributed by atoms with Crippen LogP contribution in [0, 0.1) is 5.92 Å². The highest BCUT2D eigenvalue weighted by atomic mass is 35.5. The Morgan fingerprint density at radius 2 is 2.11 bits per heavy atom. The maximum atomic E-state index is 10.3. The minimum atomic E-state index is -1.08. The van der Waals surface area contributed by atoms with Gasteiger partial charge in [0.1, 0.15) is 28.4 Å². The fourth-order valence-corrected chi connectivity index (χ4v) is 3.67. The first-order chi connectivity index (χ1) is 13.0. The highest BCUT2D eigenvalue weighted by Gasteiger charge is 2.41. The van der Waals surface area contributed by atoms with Gasteiger partial charge < -0.3 is 30.8 Å². The molecule has 0 spiro atoms. The Hall–Kier alpha value is -2.46. The molecule has 9 nitrogen and oxygen atoms in total. The van der Waals surface area contributed by atoms with E-state index in [2.05, 4.69) is 20.3 Å². The van der Waals surface area contributed by atoms with E-state index in [0.29, 0.717) is 23.3 Å². The Morgan fingerprint density at radius 1 is 1.30 bits per heavy atom. The Labute approximate surface area is 158 Å². The molecule has 0 amide bonds. The number of nitrogens with zero attached hydrogens (tertiary/aromatic N) is 3. The van der Waals surface area contributed by atoms with Crippen LogP contribution in [0.2, 0.25) is 5.15 Å². The monoisotopic (exact) mass is 391 g/mol. The number of furan rings is 1. The number of anilines is 2. The molecule has 27 heavy (non-hydrogen) atoms. The zero-order valence-electron chi connectivity index (χ0n) is 14.1. The summed E-state index contributed by atoms with van der Waals surface area (Å²) in [6.45, 7) is -0.230. The van der Waals surface area contributed by atoms with Gasteiger partial charge in [0, 0.05) is 30.3 Å². The van der Waals surface area contributed by atoms with Crippen LogP contribution in [0.3, 0.4) is 0 Å². The van der Waals surface area contributed by atoms with Crippen LogP contribution >= 0.6 is 11.6 Å². The highest BCUT2D eigenvalue weighted by Crippen LogP contribution is 2.38. The van der Waals surface area contributed by atoms with Gasteiger partial charge in [-0.05, 0) is 18.6 Å². The number of nitrogen functional groups attached to an aromatic ring is 1. The minimum absolute atomic E-state index is 0.0456. The molecule has 4 atom stereocenters. The number of hydrogen-bond acceptors (Lipinski definition) is 9. The number of pyridine rings is 1. The van der Waals surface area contributed by atoms with E-state index in [1.807, 2.05) is 0 Å². The van der Waals surface area contributed by atoms with Crippen molar-refractivity contribution in [3.05, 3.63) is 29.7 Å². The van der Waals surface area contributed by atoms with Crippen molar-refractivity contribution >= 4 is 34.3 Å². The molecule has 10 heteroatoms. The van der Waals surface area contributed by atoms with E-state index in [4.69, 9.17) is 21.8 Å². The van der Waals surface area contributed by atoms with E-state index in [1.54, 1.807) is 24.5 Å². The number of aromatic nitrogens is 3. The number of fused-ring (bicyclic) bond motifs is 1. The molecule has 6 N–H and O–H groups in total. The lowest BCUT2D eigenvalue weighted by molar-refractivity contribution is 0.00446. The second kappa shape index (κ2) is 6.93. The van der Waals surface area contributed by atoms with Gasteiger partial charge in [-0.2, -0.15) is 4.98 Å². The lowest BCUT2D eigenvalue weighted by atomic mass is 10.1. The third-order valence-corrected chi connectivity index (χ3v) is 5.08. The van der Waals surface area contributed by atoms with E-state index in [9.17, 15) is 15.3 Å². The average Bonchev–Trinajstić information content (AvgIpc) is 3.17. The maximum Gasteiger partial charge on any atom is 0.223 e. The summed E-state index contributed by atoms with van der Waals surface area (Å²) in [5.74, 6) is 0.204. The highest BCUT2D eigenvalue weighted by molar-refractivity contribution is 6.32. The minimum Gasteiger partial charge on any atom is -0.456 e. The van der Waals surface area contributed by atoms with Crippen LogP contribution in [-0.2, 0) is 0 Å². The molecule has 0 aliphatic heterocycles. The van der Waals surface area contributed by atoms with E-state index in [0.717, 1.165) is 5.39 Å². The summed E-state index contributed by atoms with van der Waals surface area (Å²) in [6, 6.07) is 2.93. The summed E-state index contributed by atoms with van der Waals surface area (Å²) in [4.78, 5) is 12.2. The summed E-state index contributed by atoms with van der Waals surface area (Å²) in [7, 11) is 0. The van der Waals surface area contributed by atoms with Crippen LogP contribution in [0.1, 0.15) is 6.42 Å². The lowest BCUT2D eigenvalue weighted by Gasteiger charge is -2.20. The van der Waals surface area contributed by atoms with Gasteiger partial charge in [-0.25, -0.2) is 4.98 Å². The molecule has 0 bridgehead atoms. The molecular formula is C17H18ClN5O4. The molecule has 4 rings (SSSR count). The number of nitrogens with two attached hydrogens (primary N) is 1. The third-order valence-electron chi connectivity index (χ3n) is 4.80. The van der Waals surface area contributed by atoms with Crippen LogP contribution < -0.4 is 11.1 Å². The van der Waals surface area contributed by atoms with Crippen molar-refractivity contribution in [2.45, 2.75) is 24.7 Å². The molecule has 0 unspecified atom stereocenters. The molecule has 3 aromatic heterocycles. The fraction of sp³-hybridized carbons (Fsp3) is 0.353. The van der Waals surface area contributed by atoms with Crippen molar-refractivity contribution in [2.75, 3.05) is 17.7 Å². The van der Waals surface area contributed by atoms with E-state index in [1.165, 1.54) is 0 Å². The molecule has 0 saturated heterocycles. The standard InChI is InChI=1S/C17H18ClN5O4/c18-15-12(11-4-7-5-20-2-1-10(7)27-11)16(23-17(19)22-15)21-9-3-8(6-24)13(25)14(9)26/h1-2,4-5,8-9,13-14,24-26H,3,6H2,(H3,19,21,22,23)/t8-,9-,13-,14+/m1/s1. The lowest BCUT2D eigenvalue weighted by Crippen LogP contribution is -2.35. The quantitative estimate of drug-likeness (QED) is 0.411. The normalized spacial score (nSPS) is 25.2. The number of aliphatic hydroxyl groups is 3. The van der Waals surface area contributed by atoms with Gasteiger partial charge >= 0.3 is 0 Å². The van der Waals surface area contributed by atoms with Crippen LogP contribution in [0.25, 0.3) is 22.3 Å². The Balaban J connectivity index is 1.75. The summed E-state index contributed by atoms with van der Waals surface area (Å²) in [6.07, 6.45) is 1.50. The molecule has 1 saturated carbocycles. The maximum absolute atomic E-state index is 10.3. The van der Waals surface area contributed by atoms with Crippen molar-refractivity contribution in [3.63, 3.8) is 0 Å². The first-order valence-electron chi connectivity index (χ1n) is 8.38. The Morgan fingerprint density at radius 3 is 2.81 bits per heavy atom. The van der Waals surface area contributed by atoms with Crippen LogP contribution in [0.4, 0.5) is 11.8 Å². The zero-order chi connectivity index (χ0) is 19.1. The predicted molar refractivity (Wildman–Crippen MR) is 99.1 cm³/mol. The number of nitrogens with one attached hydrogen (secondary N) is 1. The molecule has 1 aliphatic carbocycles. The van der Waals surface area contributed by atoms with Crippen LogP contribution in [-0.4, -0.2) is 55.1 Å². The summed E-state index contributed by atoms with van der Waals surface area (Å²) in [5.41, 5.74) is 6.74. The molecular weight excluding hydrogens is 374 g/mol. The largest absolute Gasteiger partial charge is 0.456 e. The Kier molecular flexibility index (Phi) is 4.60. The molecule has 142 valence electrons. The van der Waals surface area contributed by atoms with Gasteiger partial charge in [0.2, 0.25) is 5.95 Å². The van der Waals surface area contributed by atoms with Crippen molar-refractivity contribution in [2.24, 2.45) is 5.92 Å². The predicted octanol–water partition coefficient (Wildman–Crippen LogP) is 1.03. The molecule has 1 fully saturated rings. The first-order valence-corrected chi connectivity index (χ1v) is 8.76. The first kappa shape index (κ1) is 17.9. The van der Waals surface area contributed by atoms with Crippen molar-refractivity contribution in [1.82, 2.24) is 15.0 Å². The second-order valence-electron chi connectivity index (χ2n) is 6.53. The van der Waals surface area contributed by atoms with Crippen molar-refractivity contribution in [3.8, 4) is 11.3 Å². The van der Waals surface area contributed by atoms with E-state index in [-0.39, 0.29) is 23.5 Å². The van der Waals surface area contributed by atoms with Crippen LogP contribution in [0.15, 0.2) is 28.9 Å². The van der Waals surface area contributed by atoms with Gasteiger partial charge in [0.25, 0.3) is 0 Å². The number of aliphatic hydroxyl groups excluding tert-OH is 3. The smallest absolute Gasteiger partial charge is 0.223 e.